The average molecular weight is 406 g/mol. The van der Waals surface area contributed by atoms with Gasteiger partial charge in [-0.05, 0) is 26.0 Å². The molecule has 0 bridgehead atoms. The minimum Gasteiger partial charge on any atom is -0.331 e. The Labute approximate surface area is 164 Å². The van der Waals surface area contributed by atoms with E-state index in [9.17, 15) is 4.79 Å². The van der Waals surface area contributed by atoms with Gasteiger partial charge in [-0.2, -0.15) is 5.10 Å². The van der Waals surface area contributed by atoms with Crippen LogP contribution < -0.4 is 10.7 Å². The normalized spacial score (nSPS) is 11.0. The van der Waals surface area contributed by atoms with Crippen LogP contribution in [0.25, 0.3) is 0 Å². The number of amides is 1. The Balaban J connectivity index is 1.57. The fraction of sp³-hybridized carbons (Fsp3) is 0.176. The van der Waals surface area contributed by atoms with Crippen LogP contribution in [0.2, 0.25) is 5.15 Å². The van der Waals surface area contributed by atoms with E-state index in [2.05, 4.69) is 25.8 Å². The molecule has 0 unspecified atom stereocenters. The summed E-state index contributed by atoms with van der Waals surface area (Å²) in [4.78, 5) is 21.0. The lowest BCUT2D eigenvalue weighted by Gasteiger charge is -2.01. The minimum absolute atomic E-state index is 0.193. The smallest absolute Gasteiger partial charge is 0.246 e. The highest BCUT2D eigenvalue weighted by Crippen LogP contribution is 2.28. The Morgan fingerprint density at radius 3 is 2.73 bits per heavy atom. The van der Waals surface area contributed by atoms with Crippen molar-refractivity contribution < 1.29 is 4.79 Å². The second kappa shape index (κ2) is 8.39. The summed E-state index contributed by atoms with van der Waals surface area (Å²) in [6.07, 6.45) is 1.68. The molecule has 1 aromatic carbocycles. The molecular weight excluding hydrogens is 390 g/mol. The van der Waals surface area contributed by atoms with Gasteiger partial charge in [0, 0.05) is 11.1 Å². The van der Waals surface area contributed by atoms with Gasteiger partial charge in [0.05, 0.1) is 28.2 Å². The number of nitrogens with one attached hydrogen (secondary N) is 2. The van der Waals surface area contributed by atoms with Crippen LogP contribution in [0.15, 0.2) is 34.7 Å². The number of hydrogen-bond donors (Lipinski definition) is 2. The average Bonchev–Trinajstić information content (AvgIpc) is 3.15. The summed E-state index contributed by atoms with van der Waals surface area (Å²) < 4.78 is 0. The Morgan fingerprint density at radius 2 is 2.04 bits per heavy atom. The van der Waals surface area contributed by atoms with Crippen LogP contribution in [0.4, 0.5) is 10.8 Å². The fourth-order valence-corrected chi connectivity index (χ4v) is 3.72. The molecule has 2 aromatic heterocycles. The van der Waals surface area contributed by atoms with E-state index in [1.165, 1.54) is 34.5 Å². The number of thiazole rings is 2. The number of aryl methyl sites for hydroxylation is 2. The third-order valence-corrected chi connectivity index (χ3v) is 5.42. The molecule has 0 aliphatic rings. The SMILES string of the molecule is Cc1ccc(Nc2nc(Cl)c(/C=N/NC(=O)Cc3csc(C)n3)s2)cc1. The van der Waals surface area contributed by atoms with Crippen molar-refractivity contribution in [1.82, 2.24) is 15.4 Å². The summed E-state index contributed by atoms with van der Waals surface area (Å²) in [6, 6.07) is 7.97. The molecule has 3 rings (SSSR count). The van der Waals surface area contributed by atoms with Gasteiger partial charge in [-0.1, -0.05) is 40.6 Å². The molecule has 1 amide bonds. The molecule has 0 aliphatic heterocycles. The van der Waals surface area contributed by atoms with Crippen LogP contribution in [-0.4, -0.2) is 22.1 Å². The molecule has 0 radical (unpaired) electrons. The largest absolute Gasteiger partial charge is 0.331 e. The lowest BCUT2D eigenvalue weighted by molar-refractivity contribution is -0.120. The molecule has 134 valence electrons. The van der Waals surface area contributed by atoms with Crippen LogP contribution in [0, 0.1) is 13.8 Å². The number of aromatic nitrogens is 2. The monoisotopic (exact) mass is 405 g/mol. The zero-order chi connectivity index (χ0) is 18.5. The first-order chi connectivity index (χ1) is 12.5. The Hall–Kier alpha value is -2.29. The van der Waals surface area contributed by atoms with Gasteiger partial charge in [0.2, 0.25) is 5.91 Å². The Morgan fingerprint density at radius 1 is 1.27 bits per heavy atom. The lowest BCUT2D eigenvalue weighted by Crippen LogP contribution is -2.19. The number of nitrogens with zero attached hydrogens (tertiary/aromatic N) is 3. The van der Waals surface area contributed by atoms with Crippen molar-refractivity contribution in [1.29, 1.82) is 0 Å². The molecule has 0 spiro atoms. The summed E-state index contributed by atoms with van der Waals surface area (Å²) >= 11 is 9.00. The van der Waals surface area contributed by atoms with Crippen LogP contribution >= 0.6 is 34.3 Å². The second-order valence-corrected chi connectivity index (χ2v) is 7.94. The maximum absolute atomic E-state index is 11.9. The van der Waals surface area contributed by atoms with Gasteiger partial charge in [0.25, 0.3) is 0 Å². The second-order valence-electron chi connectivity index (χ2n) is 5.49. The zero-order valence-electron chi connectivity index (χ0n) is 14.1. The molecule has 0 atom stereocenters. The number of halogens is 1. The summed E-state index contributed by atoms with van der Waals surface area (Å²) in [5.41, 5.74) is 5.32. The van der Waals surface area contributed by atoms with Crippen LogP contribution in [0.3, 0.4) is 0 Å². The zero-order valence-corrected chi connectivity index (χ0v) is 16.5. The number of carbonyl (C=O) groups excluding carboxylic acids is 1. The maximum Gasteiger partial charge on any atom is 0.246 e. The van der Waals surface area contributed by atoms with E-state index in [1.807, 2.05) is 43.5 Å². The van der Waals surface area contributed by atoms with E-state index in [0.29, 0.717) is 15.2 Å². The predicted molar refractivity (Wildman–Crippen MR) is 108 cm³/mol. The van der Waals surface area contributed by atoms with Crippen molar-refractivity contribution in [2.45, 2.75) is 20.3 Å². The van der Waals surface area contributed by atoms with Crippen molar-refractivity contribution >= 4 is 57.2 Å². The number of benzene rings is 1. The Bertz CT molecular complexity index is 933. The molecule has 26 heavy (non-hydrogen) atoms. The van der Waals surface area contributed by atoms with Gasteiger partial charge in [-0.25, -0.2) is 15.4 Å². The summed E-state index contributed by atoms with van der Waals surface area (Å²) in [5, 5.41) is 10.9. The summed E-state index contributed by atoms with van der Waals surface area (Å²) in [5.74, 6) is -0.231. The van der Waals surface area contributed by atoms with E-state index >= 15 is 0 Å². The van der Waals surface area contributed by atoms with Crippen LogP contribution in [-0.2, 0) is 11.2 Å². The first-order valence-corrected chi connectivity index (χ1v) is 9.80. The number of rotatable bonds is 6. The highest BCUT2D eigenvalue weighted by molar-refractivity contribution is 7.17. The van der Waals surface area contributed by atoms with E-state index in [0.717, 1.165) is 16.4 Å². The van der Waals surface area contributed by atoms with Gasteiger partial charge in [-0.3, -0.25) is 4.79 Å². The van der Waals surface area contributed by atoms with Gasteiger partial charge in [0.15, 0.2) is 10.3 Å². The molecule has 0 fully saturated rings. The standard InChI is InChI=1S/C17H16ClN5OS2/c1-10-3-5-12(6-4-10)21-17-22-16(18)14(26-17)8-19-23-15(24)7-13-9-25-11(2)20-13/h3-6,8-9H,7H2,1-2H3,(H,21,22)(H,23,24)/b19-8+. The number of anilines is 2. The highest BCUT2D eigenvalue weighted by atomic mass is 35.5. The van der Waals surface area contributed by atoms with E-state index in [4.69, 9.17) is 11.6 Å². The molecule has 0 saturated heterocycles. The summed E-state index contributed by atoms with van der Waals surface area (Å²) in [6.45, 7) is 3.93. The molecule has 2 N–H and O–H groups in total. The quantitative estimate of drug-likeness (QED) is 0.473. The van der Waals surface area contributed by atoms with E-state index in [1.54, 1.807) is 0 Å². The molecule has 6 nitrogen and oxygen atoms in total. The molecule has 2 heterocycles. The van der Waals surface area contributed by atoms with Gasteiger partial charge < -0.3 is 5.32 Å². The Kier molecular flexibility index (Phi) is 5.97. The van der Waals surface area contributed by atoms with Gasteiger partial charge in [0.1, 0.15) is 0 Å². The highest BCUT2D eigenvalue weighted by Gasteiger charge is 2.09. The van der Waals surface area contributed by atoms with Crippen LogP contribution in [0.1, 0.15) is 21.1 Å². The van der Waals surface area contributed by atoms with Crippen molar-refractivity contribution in [3.05, 3.63) is 55.9 Å². The predicted octanol–water partition coefficient (Wildman–Crippen LogP) is 4.31. The van der Waals surface area contributed by atoms with E-state index < -0.39 is 0 Å². The van der Waals surface area contributed by atoms with Crippen molar-refractivity contribution in [3.8, 4) is 0 Å². The lowest BCUT2D eigenvalue weighted by atomic mass is 10.2. The number of hydrogen-bond acceptors (Lipinski definition) is 7. The van der Waals surface area contributed by atoms with Crippen molar-refractivity contribution in [3.63, 3.8) is 0 Å². The van der Waals surface area contributed by atoms with E-state index in [-0.39, 0.29) is 12.3 Å². The van der Waals surface area contributed by atoms with Crippen LogP contribution in [0.5, 0.6) is 0 Å². The van der Waals surface area contributed by atoms with Gasteiger partial charge >= 0.3 is 0 Å². The molecular formula is C17H16ClN5OS2. The fourth-order valence-electron chi connectivity index (χ4n) is 2.06. The third kappa shape index (κ3) is 5.10. The first kappa shape index (κ1) is 18.5. The molecule has 0 aliphatic carbocycles. The van der Waals surface area contributed by atoms with Crippen molar-refractivity contribution in [2.75, 3.05) is 5.32 Å². The third-order valence-electron chi connectivity index (χ3n) is 3.29. The van der Waals surface area contributed by atoms with Gasteiger partial charge in [-0.15, -0.1) is 11.3 Å². The summed E-state index contributed by atoms with van der Waals surface area (Å²) in [7, 11) is 0. The topological polar surface area (TPSA) is 79.3 Å². The number of carbonyl (C=O) groups is 1. The van der Waals surface area contributed by atoms with Crippen molar-refractivity contribution in [2.24, 2.45) is 5.10 Å². The first-order valence-electron chi connectivity index (χ1n) is 7.72. The minimum atomic E-state index is -0.231. The molecule has 0 saturated carbocycles. The number of hydrazone groups is 1. The molecule has 9 heteroatoms. The maximum atomic E-state index is 11.9. The molecule has 3 aromatic rings.